The van der Waals surface area contributed by atoms with Crippen molar-refractivity contribution in [1.29, 1.82) is 0 Å². The molecule has 0 saturated carbocycles. The van der Waals surface area contributed by atoms with Gasteiger partial charge in [0.1, 0.15) is 0 Å². The van der Waals surface area contributed by atoms with Crippen LogP contribution in [-0.2, 0) is 5.41 Å². The van der Waals surface area contributed by atoms with Crippen LogP contribution in [0.15, 0.2) is 5.38 Å². The lowest BCUT2D eigenvalue weighted by atomic mass is 9.78. The zero-order chi connectivity index (χ0) is 13.3. The largest absolute Gasteiger partial charge is 0.316 e. The molecule has 0 bridgehead atoms. The third-order valence-electron chi connectivity index (χ3n) is 3.93. The molecule has 2 nitrogen and oxygen atoms in total. The highest BCUT2D eigenvalue weighted by atomic mass is 32.1. The van der Waals surface area contributed by atoms with Crippen molar-refractivity contribution >= 4 is 11.3 Å². The molecule has 0 amide bonds. The molecule has 1 aliphatic rings. The molecular weight excluding hydrogens is 240 g/mol. The molecule has 0 aromatic carbocycles. The summed E-state index contributed by atoms with van der Waals surface area (Å²) in [5.74, 6) is 2.11. The first kappa shape index (κ1) is 14.0. The van der Waals surface area contributed by atoms with E-state index >= 15 is 0 Å². The van der Waals surface area contributed by atoms with Gasteiger partial charge in [0, 0.05) is 16.7 Å². The Morgan fingerprint density at radius 2 is 2.11 bits per heavy atom. The Kier molecular flexibility index (Phi) is 4.12. The molecule has 3 heteroatoms. The third-order valence-corrected chi connectivity index (χ3v) is 5.21. The SMILES string of the molecule is CC(C)C1CNCCC1c1csc(C(C)(C)C)n1. The molecule has 1 aromatic heterocycles. The van der Waals surface area contributed by atoms with Crippen molar-refractivity contribution in [2.75, 3.05) is 13.1 Å². The lowest BCUT2D eigenvalue weighted by molar-refractivity contribution is 0.252. The summed E-state index contributed by atoms with van der Waals surface area (Å²) in [7, 11) is 0. The van der Waals surface area contributed by atoms with E-state index in [-0.39, 0.29) is 5.41 Å². The van der Waals surface area contributed by atoms with E-state index < -0.39 is 0 Å². The molecule has 2 heterocycles. The van der Waals surface area contributed by atoms with Gasteiger partial charge in [0.05, 0.1) is 10.7 Å². The summed E-state index contributed by atoms with van der Waals surface area (Å²) >= 11 is 1.83. The molecule has 1 aromatic rings. The second-order valence-electron chi connectivity index (χ2n) is 6.83. The average Bonchev–Trinajstić information content (AvgIpc) is 2.77. The molecule has 1 aliphatic heterocycles. The fourth-order valence-electron chi connectivity index (χ4n) is 2.75. The highest BCUT2D eigenvalue weighted by Crippen LogP contribution is 2.37. The Bertz CT molecular complexity index is 389. The zero-order valence-corrected chi connectivity index (χ0v) is 13.1. The molecule has 2 atom stereocenters. The van der Waals surface area contributed by atoms with Crippen LogP contribution >= 0.6 is 11.3 Å². The summed E-state index contributed by atoms with van der Waals surface area (Å²) in [4.78, 5) is 4.93. The monoisotopic (exact) mass is 266 g/mol. The third kappa shape index (κ3) is 2.94. The van der Waals surface area contributed by atoms with E-state index in [0.717, 1.165) is 24.9 Å². The van der Waals surface area contributed by atoms with Crippen LogP contribution in [0.1, 0.15) is 57.7 Å². The maximum Gasteiger partial charge on any atom is 0.0981 e. The van der Waals surface area contributed by atoms with Crippen LogP contribution in [0.25, 0.3) is 0 Å². The molecule has 0 radical (unpaired) electrons. The predicted molar refractivity (Wildman–Crippen MR) is 79.4 cm³/mol. The minimum Gasteiger partial charge on any atom is -0.316 e. The molecule has 2 unspecified atom stereocenters. The Hall–Kier alpha value is -0.410. The van der Waals surface area contributed by atoms with E-state index in [2.05, 4.69) is 45.3 Å². The van der Waals surface area contributed by atoms with Gasteiger partial charge in [-0.1, -0.05) is 34.6 Å². The molecule has 18 heavy (non-hydrogen) atoms. The quantitative estimate of drug-likeness (QED) is 0.881. The number of hydrogen-bond donors (Lipinski definition) is 1. The first-order valence-electron chi connectivity index (χ1n) is 7.06. The van der Waals surface area contributed by atoms with Crippen molar-refractivity contribution in [1.82, 2.24) is 10.3 Å². The first-order chi connectivity index (χ1) is 8.39. The average molecular weight is 266 g/mol. The summed E-state index contributed by atoms with van der Waals surface area (Å²) in [6.07, 6.45) is 1.23. The molecule has 1 N–H and O–H groups in total. The van der Waals surface area contributed by atoms with Gasteiger partial charge in [-0.25, -0.2) is 4.98 Å². The summed E-state index contributed by atoms with van der Waals surface area (Å²) in [6.45, 7) is 13.7. The van der Waals surface area contributed by atoms with Crippen molar-refractivity contribution in [3.63, 3.8) is 0 Å². The van der Waals surface area contributed by atoms with Crippen LogP contribution in [-0.4, -0.2) is 18.1 Å². The zero-order valence-electron chi connectivity index (χ0n) is 12.3. The number of thiazole rings is 1. The molecule has 102 valence electrons. The number of nitrogens with zero attached hydrogens (tertiary/aromatic N) is 1. The maximum absolute atomic E-state index is 4.93. The van der Waals surface area contributed by atoms with Crippen LogP contribution in [0.3, 0.4) is 0 Å². The maximum atomic E-state index is 4.93. The summed E-state index contributed by atoms with van der Waals surface area (Å²) in [5, 5.41) is 7.10. The van der Waals surface area contributed by atoms with Gasteiger partial charge in [0.15, 0.2) is 0 Å². The second kappa shape index (κ2) is 5.30. The van der Waals surface area contributed by atoms with Gasteiger partial charge in [-0.15, -0.1) is 11.3 Å². The van der Waals surface area contributed by atoms with E-state index in [9.17, 15) is 0 Å². The number of rotatable bonds is 2. The molecule has 0 spiro atoms. The Balaban J connectivity index is 2.21. The minimum absolute atomic E-state index is 0.184. The highest BCUT2D eigenvalue weighted by Gasteiger charge is 2.31. The minimum atomic E-state index is 0.184. The second-order valence-corrected chi connectivity index (χ2v) is 7.69. The van der Waals surface area contributed by atoms with E-state index in [0.29, 0.717) is 5.92 Å². The van der Waals surface area contributed by atoms with Crippen molar-refractivity contribution in [2.45, 2.75) is 52.4 Å². The van der Waals surface area contributed by atoms with Crippen LogP contribution in [0, 0.1) is 11.8 Å². The number of aromatic nitrogens is 1. The highest BCUT2D eigenvalue weighted by molar-refractivity contribution is 7.09. The first-order valence-corrected chi connectivity index (χ1v) is 7.94. The van der Waals surface area contributed by atoms with E-state index in [4.69, 9.17) is 4.98 Å². The molecular formula is C15H26N2S. The number of piperidine rings is 1. The van der Waals surface area contributed by atoms with Crippen molar-refractivity contribution in [2.24, 2.45) is 11.8 Å². The van der Waals surface area contributed by atoms with Crippen LogP contribution in [0.4, 0.5) is 0 Å². The normalized spacial score (nSPS) is 25.7. The van der Waals surface area contributed by atoms with Crippen LogP contribution in [0.5, 0.6) is 0 Å². The van der Waals surface area contributed by atoms with E-state index in [1.807, 2.05) is 11.3 Å². The number of hydrogen-bond acceptors (Lipinski definition) is 3. The molecule has 1 fully saturated rings. The van der Waals surface area contributed by atoms with Crippen molar-refractivity contribution in [3.8, 4) is 0 Å². The van der Waals surface area contributed by atoms with Crippen LogP contribution < -0.4 is 5.32 Å². The molecule has 1 saturated heterocycles. The standard InChI is InChI=1S/C15H26N2S/c1-10(2)12-8-16-7-6-11(12)13-9-18-14(17-13)15(3,4)5/h9-12,16H,6-8H2,1-5H3. The Labute approximate surface area is 115 Å². The van der Waals surface area contributed by atoms with Crippen molar-refractivity contribution in [3.05, 3.63) is 16.1 Å². The smallest absolute Gasteiger partial charge is 0.0981 e. The van der Waals surface area contributed by atoms with Crippen LogP contribution in [0.2, 0.25) is 0 Å². The van der Waals surface area contributed by atoms with Gasteiger partial charge >= 0.3 is 0 Å². The van der Waals surface area contributed by atoms with Gasteiger partial charge in [-0.2, -0.15) is 0 Å². The molecule has 0 aliphatic carbocycles. The van der Waals surface area contributed by atoms with Gasteiger partial charge in [0.25, 0.3) is 0 Å². The summed E-state index contributed by atoms with van der Waals surface area (Å²) in [6, 6.07) is 0. The fourth-order valence-corrected chi connectivity index (χ4v) is 3.72. The predicted octanol–water partition coefficient (Wildman–Crippen LogP) is 3.79. The van der Waals surface area contributed by atoms with E-state index in [1.54, 1.807) is 0 Å². The summed E-state index contributed by atoms with van der Waals surface area (Å²) < 4.78 is 0. The molecule has 2 rings (SSSR count). The lowest BCUT2D eigenvalue weighted by Crippen LogP contribution is -2.38. The Morgan fingerprint density at radius 1 is 1.39 bits per heavy atom. The van der Waals surface area contributed by atoms with Gasteiger partial charge in [-0.05, 0) is 31.3 Å². The number of nitrogens with one attached hydrogen (secondary N) is 1. The lowest BCUT2D eigenvalue weighted by Gasteiger charge is -2.34. The topological polar surface area (TPSA) is 24.9 Å². The van der Waals surface area contributed by atoms with Crippen molar-refractivity contribution < 1.29 is 0 Å². The summed E-state index contributed by atoms with van der Waals surface area (Å²) in [5.41, 5.74) is 1.52. The van der Waals surface area contributed by atoms with Gasteiger partial charge in [0.2, 0.25) is 0 Å². The Morgan fingerprint density at radius 3 is 2.67 bits per heavy atom. The van der Waals surface area contributed by atoms with E-state index in [1.165, 1.54) is 17.1 Å². The van der Waals surface area contributed by atoms with Gasteiger partial charge in [-0.3, -0.25) is 0 Å². The van der Waals surface area contributed by atoms with Gasteiger partial charge < -0.3 is 5.32 Å². The fraction of sp³-hybridized carbons (Fsp3) is 0.800.